The lowest BCUT2D eigenvalue weighted by atomic mass is 9.76. The van der Waals surface area contributed by atoms with Gasteiger partial charge in [-0.1, -0.05) is 6.07 Å². The van der Waals surface area contributed by atoms with E-state index in [1.54, 1.807) is 12.1 Å². The highest BCUT2D eigenvalue weighted by Crippen LogP contribution is 2.44. The first-order chi connectivity index (χ1) is 15.1. The highest BCUT2D eigenvalue weighted by atomic mass is 19.1. The minimum atomic E-state index is -0.322. The molecule has 3 aliphatic rings. The molecule has 0 saturated carbocycles. The molecule has 0 radical (unpaired) electrons. The molecule has 2 saturated heterocycles. The van der Waals surface area contributed by atoms with Crippen LogP contribution in [-0.4, -0.2) is 61.4 Å². The zero-order chi connectivity index (χ0) is 21.4. The Morgan fingerprint density at radius 2 is 1.97 bits per heavy atom. The molecule has 166 valence electrons. The number of piperidine rings is 1. The molecule has 7 nitrogen and oxygen atoms in total. The molecule has 1 N–H and O–H groups in total. The molecule has 5 rings (SSSR count). The molecule has 31 heavy (non-hydrogen) atoms. The lowest BCUT2D eigenvalue weighted by Gasteiger charge is -2.39. The van der Waals surface area contributed by atoms with Crippen molar-refractivity contribution < 1.29 is 13.9 Å². The van der Waals surface area contributed by atoms with Crippen molar-refractivity contribution in [2.45, 2.75) is 37.6 Å². The first-order valence-corrected chi connectivity index (χ1v) is 11.1. The van der Waals surface area contributed by atoms with E-state index in [0.29, 0.717) is 25.7 Å². The Bertz CT molecular complexity index is 1010. The summed E-state index contributed by atoms with van der Waals surface area (Å²) in [4.78, 5) is 25.2. The molecule has 3 heterocycles. The van der Waals surface area contributed by atoms with Gasteiger partial charge in [-0.2, -0.15) is 0 Å². The monoisotopic (exact) mass is 428 g/mol. The molecule has 0 unspecified atom stereocenters. The van der Waals surface area contributed by atoms with E-state index in [-0.39, 0.29) is 22.5 Å². The third-order valence-corrected chi connectivity index (χ3v) is 7.11. The van der Waals surface area contributed by atoms with Crippen LogP contribution in [-0.2, 0) is 23.1 Å². The average molecular weight is 429 g/mol. The van der Waals surface area contributed by atoms with Gasteiger partial charge in [-0.3, -0.25) is 14.7 Å². The summed E-state index contributed by atoms with van der Waals surface area (Å²) in [7, 11) is 1.48. The summed E-state index contributed by atoms with van der Waals surface area (Å²) in [6.45, 7) is 5.36. The first-order valence-electron chi connectivity index (χ1n) is 11.1. The van der Waals surface area contributed by atoms with Crippen molar-refractivity contribution in [1.29, 1.82) is 0 Å². The van der Waals surface area contributed by atoms with E-state index in [9.17, 15) is 9.18 Å². The van der Waals surface area contributed by atoms with E-state index < -0.39 is 0 Å². The highest BCUT2D eigenvalue weighted by Gasteiger charge is 2.44. The summed E-state index contributed by atoms with van der Waals surface area (Å²) in [6, 6.07) is 5.17. The Morgan fingerprint density at radius 1 is 1.19 bits per heavy atom. The second-order valence-corrected chi connectivity index (χ2v) is 8.84. The number of fused-ring (bicyclic) bond motifs is 2. The molecule has 2 fully saturated rings. The number of H-pyrrole nitrogens is 1. The lowest BCUT2D eigenvalue weighted by molar-refractivity contribution is 0.122. The average Bonchev–Trinajstić information content (AvgIpc) is 3.15. The van der Waals surface area contributed by atoms with Crippen LogP contribution < -0.4 is 15.2 Å². The van der Waals surface area contributed by atoms with E-state index in [4.69, 9.17) is 14.5 Å². The summed E-state index contributed by atoms with van der Waals surface area (Å²) < 4.78 is 24.5. The number of ether oxygens (including phenoxy) is 2. The Balaban J connectivity index is 1.32. The van der Waals surface area contributed by atoms with Crippen LogP contribution in [0.25, 0.3) is 0 Å². The fourth-order valence-electron chi connectivity index (χ4n) is 5.26. The van der Waals surface area contributed by atoms with Crippen molar-refractivity contribution >= 4 is 5.95 Å². The minimum Gasteiger partial charge on any atom is -0.494 e. The van der Waals surface area contributed by atoms with E-state index >= 15 is 0 Å². The third-order valence-electron chi connectivity index (χ3n) is 7.11. The maximum atomic E-state index is 14.0. The summed E-state index contributed by atoms with van der Waals surface area (Å²) in [5.74, 6) is 0.637. The van der Waals surface area contributed by atoms with Crippen molar-refractivity contribution in [3.8, 4) is 5.75 Å². The molecule has 0 amide bonds. The van der Waals surface area contributed by atoms with Crippen LogP contribution in [0.5, 0.6) is 5.75 Å². The molecule has 2 aliphatic heterocycles. The van der Waals surface area contributed by atoms with Gasteiger partial charge in [0.25, 0.3) is 5.56 Å². The van der Waals surface area contributed by atoms with Crippen LogP contribution in [0.3, 0.4) is 0 Å². The van der Waals surface area contributed by atoms with E-state index in [1.807, 2.05) is 6.07 Å². The number of likely N-dealkylation sites (tertiary alicyclic amines) is 1. The molecule has 0 atom stereocenters. The van der Waals surface area contributed by atoms with Gasteiger partial charge >= 0.3 is 0 Å². The number of nitrogens with zero attached hydrogens (tertiary/aromatic N) is 3. The number of aromatic nitrogens is 2. The Kier molecular flexibility index (Phi) is 5.44. The van der Waals surface area contributed by atoms with Crippen molar-refractivity contribution in [1.82, 2.24) is 14.9 Å². The molecule has 1 aliphatic carbocycles. The van der Waals surface area contributed by atoms with Gasteiger partial charge in [0.1, 0.15) is 0 Å². The van der Waals surface area contributed by atoms with Crippen molar-refractivity contribution in [3.63, 3.8) is 0 Å². The SMILES string of the molecule is COc1ccc(CN2CCC3(CCc4c3nc(N3CCOCC3)[nH]c4=O)CC2)cc1F. The van der Waals surface area contributed by atoms with Crippen LogP contribution >= 0.6 is 0 Å². The molecule has 1 aromatic heterocycles. The number of benzene rings is 1. The van der Waals surface area contributed by atoms with Crippen molar-refractivity contribution in [2.75, 3.05) is 51.4 Å². The number of hydrogen-bond acceptors (Lipinski definition) is 6. The number of methoxy groups -OCH3 is 1. The quantitative estimate of drug-likeness (QED) is 0.806. The number of rotatable bonds is 4. The number of hydrogen-bond donors (Lipinski definition) is 1. The predicted octanol–water partition coefficient (Wildman–Crippen LogP) is 2.23. The first kappa shape index (κ1) is 20.5. The number of nitrogens with one attached hydrogen (secondary N) is 1. The fraction of sp³-hybridized carbons (Fsp3) is 0.565. The van der Waals surface area contributed by atoms with Crippen molar-refractivity contribution in [3.05, 3.63) is 51.2 Å². The highest BCUT2D eigenvalue weighted by molar-refractivity contribution is 5.40. The standard InChI is InChI=1S/C23H29FN4O3/c1-30-19-3-2-16(14-18(19)24)15-27-8-6-23(7-9-27)5-4-17-20(23)25-22(26-21(17)29)28-10-12-31-13-11-28/h2-3,14H,4-13,15H2,1H3,(H,25,26,29). The molecule has 1 spiro atoms. The molecule has 8 heteroatoms. The minimum absolute atomic E-state index is 0.0134. The van der Waals surface area contributed by atoms with Crippen LogP contribution in [0.1, 0.15) is 36.1 Å². The second kappa shape index (κ2) is 8.24. The molecule has 0 bridgehead atoms. The van der Waals surface area contributed by atoms with E-state index in [0.717, 1.165) is 68.7 Å². The van der Waals surface area contributed by atoms with Gasteiger partial charge < -0.3 is 14.4 Å². The topological polar surface area (TPSA) is 70.7 Å². The fourth-order valence-corrected chi connectivity index (χ4v) is 5.26. The van der Waals surface area contributed by atoms with Crippen LogP contribution in [0, 0.1) is 5.82 Å². The van der Waals surface area contributed by atoms with E-state index in [2.05, 4.69) is 14.8 Å². The Labute approximate surface area is 181 Å². The summed E-state index contributed by atoms with van der Waals surface area (Å²) in [6.07, 6.45) is 3.72. The van der Waals surface area contributed by atoms with Crippen LogP contribution in [0.4, 0.5) is 10.3 Å². The molecular weight excluding hydrogens is 399 g/mol. The number of aromatic amines is 1. The molecule has 2 aromatic rings. The van der Waals surface area contributed by atoms with Gasteiger partial charge in [-0.05, 0) is 56.5 Å². The van der Waals surface area contributed by atoms with Gasteiger partial charge in [0, 0.05) is 30.6 Å². The van der Waals surface area contributed by atoms with Gasteiger partial charge in [0.15, 0.2) is 11.6 Å². The Morgan fingerprint density at radius 3 is 2.68 bits per heavy atom. The van der Waals surface area contributed by atoms with Gasteiger partial charge in [-0.25, -0.2) is 9.37 Å². The number of morpholine rings is 1. The summed E-state index contributed by atoms with van der Waals surface area (Å²) >= 11 is 0. The Hall–Kier alpha value is -2.45. The normalized spacial score (nSPS) is 20.8. The smallest absolute Gasteiger partial charge is 0.255 e. The van der Waals surface area contributed by atoms with Crippen LogP contribution in [0.2, 0.25) is 0 Å². The predicted molar refractivity (Wildman–Crippen MR) is 115 cm³/mol. The third kappa shape index (κ3) is 3.83. The second-order valence-electron chi connectivity index (χ2n) is 8.84. The van der Waals surface area contributed by atoms with Crippen LogP contribution in [0.15, 0.2) is 23.0 Å². The van der Waals surface area contributed by atoms with Gasteiger partial charge in [-0.15, -0.1) is 0 Å². The lowest BCUT2D eigenvalue weighted by Crippen LogP contribution is -2.43. The van der Waals surface area contributed by atoms with Gasteiger partial charge in [0.05, 0.1) is 26.0 Å². The van der Waals surface area contributed by atoms with Crippen molar-refractivity contribution in [2.24, 2.45) is 0 Å². The summed E-state index contributed by atoms with van der Waals surface area (Å²) in [5.41, 5.74) is 2.81. The number of halogens is 1. The summed E-state index contributed by atoms with van der Waals surface area (Å²) in [5, 5.41) is 0. The largest absolute Gasteiger partial charge is 0.494 e. The maximum Gasteiger partial charge on any atom is 0.255 e. The molecule has 1 aromatic carbocycles. The molecular formula is C23H29FN4O3. The van der Waals surface area contributed by atoms with E-state index in [1.165, 1.54) is 7.11 Å². The number of anilines is 1. The van der Waals surface area contributed by atoms with Gasteiger partial charge in [0.2, 0.25) is 5.95 Å². The zero-order valence-corrected chi connectivity index (χ0v) is 18.0. The zero-order valence-electron chi connectivity index (χ0n) is 18.0. The maximum absolute atomic E-state index is 14.0.